The van der Waals surface area contributed by atoms with Crippen LogP contribution < -0.4 is 0 Å². The van der Waals surface area contributed by atoms with E-state index in [2.05, 4.69) is 9.69 Å². The highest BCUT2D eigenvalue weighted by atomic mass is 32.1. The van der Waals surface area contributed by atoms with Crippen LogP contribution in [0.4, 0.5) is 38.0 Å². The Hall–Kier alpha value is -11.8. The SMILES string of the molecule is CC.CC.CC(F)(F)F.CC(F)(F)F.Cn1c(C=C2C(=O)c3ccccc3C2=O)cc2sc3c(sc4cc(C=C5C(=O)c6ccccc6C5=O)n(C)c43)c21.[C-]#[N+]C(C#N)=C1C(=Nc2cc3sc4c(sc5cc(N=C6C(=O)c7ccccc7/C6=C(/C#N)[N+]#[C-])n(C)c54)c3n2C)C(=O)c2ccccc21. The van der Waals surface area contributed by atoms with Crippen molar-refractivity contribution in [3.05, 3.63) is 223 Å². The number of hydrogen-bond acceptors (Lipinski definition) is 14. The molecule has 0 aliphatic heterocycles. The molecule has 508 valence electrons. The van der Waals surface area contributed by atoms with Crippen LogP contribution in [0, 0.1) is 35.8 Å². The number of hydrogen-bond donors (Lipinski definition) is 0. The summed E-state index contributed by atoms with van der Waals surface area (Å²) in [6, 6.07) is 39.4. The maximum Gasteiger partial charge on any atom is 0.386 e. The van der Waals surface area contributed by atoms with Crippen molar-refractivity contribution in [1.82, 2.24) is 18.3 Å². The number of thiophene rings is 4. The highest BCUT2D eigenvalue weighted by Gasteiger charge is 2.38. The summed E-state index contributed by atoms with van der Waals surface area (Å²) >= 11 is 6.44. The van der Waals surface area contributed by atoms with Gasteiger partial charge in [0.2, 0.25) is 11.6 Å². The molecule has 0 saturated heterocycles. The molecule has 0 unspecified atom stereocenters. The number of fused-ring (bicyclic) bond motifs is 14. The van der Waals surface area contributed by atoms with Crippen molar-refractivity contribution in [3.63, 3.8) is 0 Å². The van der Waals surface area contributed by atoms with E-state index >= 15 is 0 Å². The van der Waals surface area contributed by atoms with Crippen LogP contribution in [0.3, 0.4) is 0 Å². The van der Waals surface area contributed by atoms with Crippen molar-refractivity contribution in [2.24, 2.45) is 38.2 Å². The van der Waals surface area contributed by atoms with Crippen molar-refractivity contribution in [1.29, 1.82) is 10.5 Å². The number of carbonyl (C=O) groups excluding carboxylic acids is 6. The zero-order valence-electron chi connectivity index (χ0n) is 55.5. The van der Waals surface area contributed by atoms with Crippen molar-refractivity contribution < 1.29 is 55.1 Å². The Morgan fingerprint density at radius 3 is 0.912 bits per heavy atom. The lowest BCUT2D eigenvalue weighted by Gasteiger charge is -2.04. The molecular formula is C76H52F6N10O6S4. The van der Waals surface area contributed by atoms with Crippen molar-refractivity contribution in [3.8, 4) is 12.1 Å². The van der Waals surface area contributed by atoms with Crippen LogP contribution in [0.5, 0.6) is 0 Å². The van der Waals surface area contributed by atoms with Crippen LogP contribution in [0.15, 0.2) is 154 Å². The summed E-state index contributed by atoms with van der Waals surface area (Å²) in [5.74, 6) is -0.564. The normalized spacial score (nSPS) is 15.4. The van der Waals surface area contributed by atoms with E-state index in [1.165, 1.54) is 0 Å². The molecule has 4 aliphatic carbocycles. The first kappa shape index (κ1) is 71.5. The maximum absolute atomic E-state index is 13.4. The molecule has 26 heteroatoms. The predicted octanol–water partition coefficient (Wildman–Crippen LogP) is 20.3. The minimum absolute atomic E-state index is 0.0724. The number of aliphatic imine (C=N–C) groups is 2. The number of carbonyl (C=O) groups is 6. The van der Waals surface area contributed by atoms with Gasteiger partial charge in [-0.05, 0) is 35.4 Å². The molecule has 0 bridgehead atoms. The molecule has 0 radical (unpaired) electrons. The van der Waals surface area contributed by atoms with E-state index in [4.69, 9.17) is 23.1 Å². The number of rotatable bonds is 4. The van der Waals surface area contributed by atoms with Crippen LogP contribution in [-0.4, -0.2) is 76.7 Å². The van der Waals surface area contributed by atoms with Gasteiger partial charge in [0, 0.05) is 110 Å². The van der Waals surface area contributed by atoms with Crippen LogP contribution in [0.2, 0.25) is 0 Å². The molecule has 8 aromatic heterocycles. The van der Waals surface area contributed by atoms with E-state index < -0.39 is 12.4 Å². The lowest BCUT2D eigenvalue weighted by atomic mass is 10.1. The van der Waals surface area contributed by atoms with Crippen LogP contribution in [0.1, 0.15) is 126 Å². The molecule has 8 heterocycles. The van der Waals surface area contributed by atoms with E-state index in [0.29, 0.717) is 56.1 Å². The fourth-order valence-corrected chi connectivity index (χ4v) is 18.1. The third-order valence-electron chi connectivity index (χ3n) is 16.5. The molecule has 0 atom stereocenters. The van der Waals surface area contributed by atoms with Gasteiger partial charge in [-0.25, -0.2) is 30.2 Å². The van der Waals surface area contributed by atoms with Gasteiger partial charge in [0.25, 0.3) is 11.4 Å². The molecule has 102 heavy (non-hydrogen) atoms. The number of halogens is 6. The third kappa shape index (κ3) is 12.4. The molecule has 16 rings (SSSR count). The Morgan fingerprint density at radius 2 is 0.657 bits per heavy atom. The molecule has 0 saturated carbocycles. The Kier molecular flexibility index (Phi) is 19.4. The lowest BCUT2D eigenvalue weighted by molar-refractivity contribution is -0.111. The van der Waals surface area contributed by atoms with Crippen molar-refractivity contribution >= 4 is 186 Å². The second-order valence-electron chi connectivity index (χ2n) is 22.6. The molecule has 4 aliphatic rings. The fourth-order valence-electron chi connectivity index (χ4n) is 12.3. The number of allylic oxidation sites excluding steroid dienone is 6. The smallest absolute Gasteiger partial charge is 0.342 e. The Labute approximate surface area is 593 Å². The number of Topliss-reactive ketones (excluding diaryl/α,β-unsaturated/α-hetero) is 6. The van der Waals surface area contributed by atoms with E-state index in [1.807, 2.05) is 111 Å². The van der Waals surface area contributed by atoms with Crippen molar-refractivity contribution in [2.45, 2.75) is 53.9 Å². The number of ketones is 6. The number of nitrogens with zero attached hydrogens (tertiary/aromatic N) is 10. The molecule has 12 aromatic rings. The summed E-state index contributed by atoms with van der Waals surface area (Å²) in [5.41, 5.74) is 9.94. The Morgan fingerprint density at radius 1 is 0.422 bits per heavy atom. The van der Waals surface area contributed by atoms with Gasteiger partial charge in [0.05, 0.1) is 96.1 Å². The first-order valence-electron chi connectivity index (χ1n) is 31.1. The van der Waals surface area contributed by atoms with Gasteiger partial charge in [-0.2, -0.15) is 26.3 Å². The Bertz CT molecular complexity index is 5580. The number of nitriles is 2. The van der Waals surface area contributed by atoms with E-state index in [9.17, 15) is 65.6 Å². The standard InChI is InChI=1S/C36H16N8O2S2.C32H18N2O4S2.2C2H3F3.2C2H6/c1-39-21(15-37)27-17-9-5-7-11-19(17)33(45)29(27)41-25-13-23-31(43(25)3)35-36(47-23)32-24(48-35)14-26(44(32)4)42-30-28(22(16-38)40-2)18-10-6-8-12-20(18)34(30)46;1-33-15(11-21-27(35)17-7-3-4-8-18(17)28(21)36)13-23-25(33)31-32(39-23)26-24(40-31)14-16(34(26)2)12-22-29(37)19-9-5-6-10-20(19)30(22)38;2*1-2(3,4)5;2*1-2/h5-14H,3-4H3;3-14H,1-2H3;2*1H3;2*1-2H3/b27-21+,28-22?,41-29?,42-30?;;;;;. The molecule has 0 spiro atoms. The quantitative estimate of drug-likeness (QED) is 0.0544. The van der Waals surface area contributed by atoms with Crippen LogP contribution >= 0.6 is 45.3 Å². The largest absolute Gasteiger partial charge is 0.386 e. The average molecular weight is 1440 g/mol. The summed E-state index contributed by atoms with van der Waals surface area (Å²) in [6.07, 6.45) is -4.59. The summed E-state index contributed by atoms with van der Waals surface area (Å²) < 4.78 is 78.3. The molecule has 0 amide bonds. The lowest BCUT2D eigenvalue weighted by Crippen LogP contribution is -2.08. The maximum atomic E-state index is 13.4. The first-order chi connectivity index (χ1) is 48.6. The number of alkyl halides is 6. The molecule has 4 aromatic carbocycles. The van der Waals surface area contributed by atoms with Gasteiger partial charge in [0.1, 0.15) is 23.1 Å². The van der Waals surface area contributed by atoms with Gasteiger partial charge >= 0.3 is 12.4 Å². The second-order valence-corrected chi connectivity index (χ2v) is 26.8. The second kappa shape index (κ2) is 27.7. The fraction of sp³-hybridized carbons (Fsp3) is 0.158. The average Bonchev–Trinajstić information content (AvgIpc) is 1.56. The number of aromatic nitrogens is 4. The van der Waals surface area contributed by atoms with Gasteiger partial charge in [-0.3, -0.25) is 28.8 Å². The van der Waals surface area contributed by atoms with E-state index in [1.54, 1.807) is 155 Å². The Balaban J connectivity index is 0.000000175. The minimum Gasteiger partial charge on any atom is -0.342 e. The molecule has 0 fully saturated rings. The van der Waals surface area contributed by atoms with Gasteiger partial charge < -0.3 is 18.3 Å². The topological polar surface area (TPSA) is 203 Å². The molecule has 0 N–H and O–H groups in total. The van der Waals surface area contributed by atoms with Crippen molar-refractivity contribution in [2.75, 3.05) is 0 Å². The molecular weight excluding hydrogens is 1390 g/mol. The van der Waals surface area contributed by atoms with Gasteiger partial charge in [0.15, 0.2) is 23.1 Å². The third-order valence-corrected chi connectivity index (χ3v) is 21.3. The monoisotopic (exact) mass is 1440 g/mol. The zero-order chi connectivity index (χ0) is 73.9. The highest BCUT2D eigenvalue weighted by molar-refractivity contribution is 7.37. The minimum atomic E-state index is -4.00. The van der Waals surface area contributed by atoms with Gasteiger partial charge in [-0.15, -0.1) is 45.3 Å². The first-order valence-corrected chi connectivity index (χ1v) is 34.3. The molecule has 16 nitrogen and oxygen atoms in total. The summed E-state index contributed by atoms with van der Waals surface area (Å²) in [5, 5.41) is 19.4. The zero-order valence-corrected chi connectivity index (χ0v) is 58.8. The van der Waals surface area contributed by atoms with E-state index in [-0.39, 0.29) is 93.7 Å². The number of benzene rings is 4. The van der Waals surface area contributed by atoms with Gasteiger partial charge in [-0.1, -0.05) is 125 Å². The summed E-state index contributed by atoms with van der Waals surface area (Å²) in [4.78, 5) is 94.8. The van der Waals surface area contributed by atoms with E-state index in [0.717, 1.165) is 71.1 Å². The predicted molar refractivity (Wildman–Crippen MR) is 392 cm³/mol. The van der Waals surface area contributed by atoms with Crippen LogP contribution in [-0.2, 0) is 28.2 Å². The summed E-state index contributed by atoms with van der Waals surface area (Å²) in [7, 11) is 7.64. The van der Waals surface area contributed by atoms with Crippen LogP contribution in [0.25, 0.3) is 92.7 Å². The summed E-state index contributed by atoms with van der Waals surface area (Å²) in [6.45, 7) is 23.5. The highest BCUT2D eigenvalue weighted by Crippen LogP contribution is 2.50. The number of aryl methyl sites for hydroxylation is 4.